The summed E-state index contributed by atoms with van der Waals surface area (Å²) in [5.74, 6) is -1.35. The van der Waals surface area contributed by atoms with E-state index in [1.54, 1.807) is 6.92 Å². The molecule has 1 heterocycles. The molecule has 0 spiro atoms. The molecule has 1 fully saturated rings. The fourth-order valence-electron chi connectivity index (χ4n) is 2.33. The van der Waals surface area contributed by atoms with Gasteiger partial charge in [0.2, 0.25) is 0 Å². The minimum atomic E-state index is -0.856. The van der Waals surface area contributed by atoms with Crippen molar-refractivity contribution in [3.8, 4) is 0 Å². The van der Waals surface area contributed by atoms with E-state index in [1.165, 1.54) is 4.90 Å². The number of carbonyl (C=O) groups excluding carboxylic acids is 1. The Balaban J connectivity index is 1.89. The summed E-state index contributed by atoms with van der Waals surface area (Å²) in [6, 6.07) is 9.08. The molecule has 1 aliphatic heterocycles. The van der Waals surface area contributed by atoms with E-state index in [0.717, 1.165) is 5.56 Å². The molecule has 2 unspecified atom stereocenters. The van der Waals surface area contributed by atoms with Gasteiger partial charge in [0, 0.05) is 12.6 Å². The maximum Gasteiger partial charge on any atom is 0.410 e. The van der Waals surface area contributed by atoms with Crippen LogP contribution in [-0.2, 0) is 16.1 Å². The molecule has 5 nitrogen and oxygen atoms in total. The van der Waals surface area contributed by atoms with Crippen LogP contribution in [-0.4, -0.2) is 34.7 Å². The van der Waals surface area contributed by atoms with Gasteiger partial charge < -0.3 is 14.7 Å². The molecule has 0 radical (unpaired) electrons. The number of hydrogen-bond acceptors (Lipinski definition) is 3. The first-order valence-corrected chi connectivity index (χ1v) is 6.29. The Morgan fingerprint density at radius 1 is 1.37 bits per heavy atom. The Kier molecular flexibility index (Phi) is 4.04. The molecule has 0 aromatic heterocycles. The highest BCUT2D eigenvalue weighted by Gasteiger charge is 2.38. The van der Waals surface area contributed by atoms with Crippen LogP contribution >= 0.6 is 0 Å². The normalized spacial score (nSPS) is 22.3. The SMILES string of the molecule is CC1C(C(=O)O)CCN1C(=O)OCc1ccccc1. The lowest BCUT2D eigenvalue weighted by atomic mass is 10.0. The number of hydrogen-bond donors (Lipinski definition) is 1. The standard InChI is InChI=1S/C14H17NO4/c1-10-12(13(16)17)7-8-15(10)14(18)19-9-11-5-3-2-4-6-11/h2-6,10,12H,7-9H2,1H3,(H,16,17). The number of ether oxygens (including phenoxy) is 1. The number of rotatable bonds is 3. The van der Waals surface area contributed by atoms with Crippen LogP contribution in [0.1, 0.15) is 18.9 Å². The van der Waals surface area contributed by atoms with Crippen molar-refractivity contribution in [3.05, 3.63) is 35.9 Å². The predicted octanol–water partition coefficient (Wildman–Crippen LogP) is 2.12. The van der Waals surface area contributed by atoms with Gasteiger partial charge in [-0.15, -0.1) is 0 Å². The Bertz CT molecular complexity index is 460. The van der Waals surface area contributed by atoms with Crippen molar-refractivity contribution >= 4 is 12.1 Å². The molecule has 1 N–H and O–H groups in total. The number of aliphatic carboxylic acids is 1. The summed E-state index contributed by atoms with van der Waals surface area (Å²) < 4.78 is 5.20. The van der Waals surface area contributed by atoms with Crippen LogP contribution in [0, 0.1) is 5.92 Å². The maximum absolute atomic E-state index is 11.9. The Morgan fingerprint density at radius 2 is 2.05 bits per heavy atom. The van der Waals surface area contributed by atoms with Gasteiger partial charge in [0.25, 0.3) is 0 Å². The highest BCUT2D eigenvalue weighted by Crippen LogP contribution is 2.25. The summed E-state index contributed by atoms with van der Waals surface area (Å²) in [5.41, 5.74) is 0.914. The van der Waals surface area contributed by atoms with Crippen LogP contribution in [0.2, 0.25) is 0 Å². The minimum absolute atomic E-state index is 0.209. The average Bonchev–Trinajstić information content (AvgIpc) is 2.79. The van der Waals surface area contributed by atoms with Crippen LogP contribution in [0.15, 0.2) is 30.3 Å². The van der Waals surface area contributed by atoms with Gasteiger partial charge in [0.05, 0.1) is 5.92 Å². The third-order valence-electron chi connectivity index (χ3n) is 3.51. The number of amides is 1. The maximum atomic E-state index is 11.9. The largest absolute Gasteiger partial charge is 0.481 e. The first-order chi connectivity index (χ1) is 9.09. The summed E-state index contributed by atoms with van der Waals surface area (Å²) in [7, 11) is 0. The second-order valence-corrected chi connectivity index (χ2v) is 4.71. The fourth-order valence-corrected chi connectivity index (χ4v) is 2.33. The van der Waals surface area contributed by atoms with Crippen LogP contribution in [0.5, 0.6) is 0 Å². The molecule has 2 atom stereocenters. The highest BCUT2D eigenvalue weighted by atomic mass is 16.6. The van der Waals surface area contributed by atoms with E-state index in [1.807, 2.05) is 30.3 Å². The second kappa shape index (κ2) is 5.73. The lowest BCUT2D eigenvalue weighted by Gasteiger charge is -2.22. The van der Waals surface area contributed by atoms with Crippen molar-refractivity contribution in [1.82, 2.24) is 4.90 Å². The van der Waals surface area contributed by atoms with Gasteiger partial charge in [-0.3, -0.25) is 4.79 Å². The molecule has 2 rings (SSSR count). The fraction of sp³-hybridized carbons (Fsp3) is 0.429. The number of likely N-dealkylation sites (tertiary alicyclic amines) is 1. The molecule has 1 saturated heterocycles. The van der Waals surface area contributed by atoms with Crippen LogP contribution in [0.3, 0.4) is 0 Å². The van der Waals surface area contributed by atoms with Gasteiger partial charge in [-0.05, 0) is 18.9 Å². The lowest BCUT2D eigenvalue weighted by molar-refractivity contribution is -0.142. The number of nitrogens with zero attached hydrogens (tertiary/aromatic N) is 1. The van der Waals surface area contributed by atoms with Crippen LogP contribution < -0.4 is 0 Å². The summed E-state index contributed by atoms with van der Waals surface area (Å²) >= 11 is 0. The summed E-state index contributed by atoms with van der Waals surface area (Å²) in [5, 5.41) is 9.01. The van der Waals surface area contributed by atoms with Crippen molar-refractivity contribution in [2.45, 2.75) is 26.0 Å². The van der Waals surface area contributed by atoms with Gasteiger partial charge in [-0.25, -0.2) is 4.79 Å². The zero-order valence-corrected chi connectivity index (χ0v) is 10.8. The van der Waals surface area contributed by atoms with Crippen molar-refractivity contribution in [3.63, 3.8) is 0 Å². The third kappa shape index (κ3) is 3.05. The molecule has 0 aliphatic carbocycles. The van der Waals surface area contributed by atoms with E-state index < -0.39 is 18.0 Å². The zero-order valence-electron chi connectivity index (χ0n) is 10.8. The first kappa shape index (κ1) is 13.4. The molecule has 1 amide bonds. The van der Waals surface area contributed by atoms with Gasteiger partial charge >= 0.3 is 12.1 Å². The molecular weight excluding hydrogens is 246 g/mol. The van der Waals surface area contributed by atoms with Gasteiger partial charge in [-0.1, -0.05) is 30.3 Å². The smallest absolute Gasteiger partial charge is 0.410 e. The number of carbonyl (C=O) groups is 2. The van der Waals surface area contributed by atoms with Crippen molar-refractivity contribution in [1.29, 1.82) is 0 Å². The second-order valence-electron chi connectivity index (χ2n) is 4.71. The first-order valence-electron chi connectivity index (χ1n) is 6.29. The molecular formula is C14H17NO4. The highest BCUT2D eigenvalue weighted by molar-refractivity contribution is 5.75. The molecule has 0 bridgehead atoms. The minimum Gasteiger partial charge on any atom is -0.481 e. The monoisotopic (exact) mass is 263 g/mol. The van der Waals surface area contributed by atoms with Crippen molar-refractivity contribution in [2.24, 2.45) is 5.92 Å². The molecule has 1 aromatic rings. The third-order valence-corrected chi connectivity index (χ3v) is 3.51. The van der Waals surface area contributed by atoms with Crippen molar-refractivity contribution < 1.29 is 19.4 Å². The Hall–Kier alpha value is -2.04. The molecule has 102 valence electrons. The van der Waals surface area contributed by atoms with E-state index in [9.17, 15) is 9.59 Å². The lowest BCUT2D eigenvalue weighted by Crippen LogP contribution is -2.37. The number of carboxylic acid groups (broad SMARTS) is 1. The molecule has 5 heteroatoms. The molecule has 1 aromatic carbocycles. The van der Waals surface area contributed by atoms with Crippen LogP contribution in [0.4, 0.5) is 4.79 Å². The topological polar surface area (TPSA) is 66.8 Å². The molecule has 19 heavy (non-hydrogen) atoms. The molecule has 1 aliphatic rings. The Labute approximate surface area is 111 Å². The zero-order chi connectivity index (χ0) is 13.8. The predicted molar refractivity (Wildman–Crippen MR) is 68.5 cm³/mol. The van der Waals surface area contributed by atoms with Crippen LogP contribution in [0.25, 0.3) is 0 Å². The van der Waals surface area contributed by atoms with E-state index in [0.29, 0.717) is 13.0 Å². The number of carboxylic acids is 1. The van der Waals surface area contributed by atoms with Gasteiger partial charge in [0.1, 0.15) is 6.61 Å². The van der Waals surface area contributed by atoms with Gasteiger partial charge in [-0.2, -0.15) is 0 Å². The molecule has 0 saturated carbocycles. The quantitative estimate of drug-likeness (QED) is 0.907. The Morgan fingerprint density at radius 3 is 2.63 bits per heavy atom. The van der Waals surface area contributed by atoms with E-state index in [-0.39, 0.29) is 12.6 Å². The number of benzene rings is 1. The van der Waals surface area contributed by atoms with E-state index in [2.05, 4.69) is 0 Å². The van der Waals surface area contributed by atoms with E-state index >= 15 is 0 Å². The summed E-state index contributed by atoms with van der Waals surface area (Å²) in [4.78, 5) is 24.4. The van der Waals surface area contributed by atoms with Crippen molar-refractivity contribution in [2.75, 3.05) is 6.54 Å². The van der Waals surface area contributed by atoms with Gasteiger partial charge in [0.15, 0.2) is 0 Å². The summed E-state index contributed by atoms with van der Waals surface area (Å²) in [6.45, 7) is 2.39. The summed E-state index contributed by atoms with van der Waals surface area (Å²) in [6.07, 6.45) is 0.0387. The van der Waals surface area contributed by atoms with E-state index in [4.69, 9.17) is 9.84 Å². The average molecular weight is 263 g/mol.